The van der Waals surface area contributed by atoms with Crippen LogP contribution in [0.3, 0.4) is 0 Å². The molecule has 0 rings (SSSR count). The van der Waals surface area contributed by atoms with E-state index in [9.17, 15) is 9.59 Å². The van der Waals surface area contributed by atoms with Crippen LogP contribution >= 0.6 is 0 Å². The summed E-state index contributed by atoms with van der Waals surface area (Å²) in [7, 11) is 0. The average molecular weight is 246 g/mol. The first-order chi connectivity index (χ1) is 5.56. The van der Waals surface area contributed by atoms with Crippen molar-refractivity contribution in [3.05, 3.63) is 0 Å². The SMILES string of the molecule is O=C(O)CN(CCO)CC(=O)O.[CaH2].[MgH2]. The first-order valence-corrected chi connectivity index (χ1v) is 3.33. The molecule has 0 atom stereocenters. The fourth-order valence-corrected chi connectivity index (χ4v) is 0.738. The Bertz CT molecular complexity index is 164. The Balaban J connectivity index is -0.000000605. The number of hydrogen-bond donors (Lipinski definition) is 3. The molecule has 0 aliphatic carbocycles. The molecule has 0 spiro atoms. The third-order valence-electron chi connectivity index (χ3n) is 1.13. The van der Waals surface area contributed by atoms with Gasteiger partial charge in [-0.3, -0.25) is 14.5 Å². The number of rotatable bonds is 6. The molecule has 0 radical (unpaired) electrons. The molecule has 3 N–H and O–H groups in total. The van der Waals surface area contributed by atoms with Gasteiger partial charge in [0.15, 0.2) is 0 Å². The molecule has 0 aromatic rings. The number of carbonyl (C=O) groups is 2. The Kier molecular flexibility index (Phi) is 17.4. The normalized spacial score (nSPS) is 8.71. The number of nitrogens with zero attached hydrogens (tertiary/aromatic N) is 1. The smallest absolute Gasteiger partial charge is 0.316 e. The Morgan fingerprint density at radius 1 is 1.07 bits per heavy atom. The fourth-order valence-electron chi connectivity index (χ4n) is 0.738. The van der Waals surface area contributed by atoms with Crippen molar-refractivity contribution in [3.8, 4) is 0 Å². The van der Waals surface area contributed by atoms with Crippen LogP contribution in [0.25, 0.3) is 0 Å². The zero-order valence-electron chi connectivity index (χ0n) is 6.43. The molecule has 0 aliphatic rings. The van der Waals surface area contributed by atoms with Crippen LogP contribution in [-0.4, -0.2) is 119 Å². The topological polar surface area (TPSA) is 98.1 Å². The van der Waals surface area contributed by atoms with Crippen molar-refractivity contribution in [1.29, 1.82) is 0 Å². The Morgan fingerprint density at radius 3 is 1.64 bits per heavy atom. The van der Waals surface area contributed by atoms with Gasteiger partial charge >= 0.3 is 72.7 Å². The van der Waals surface area contributed by atoms with E-state index in [4.69, 9.17) is 15.3 Å². The molecule has 0 aromatic heterocycles. The van der Waals surface area contributed by atoms with Crippen LogP contribution in [-0.2, 0) is 9.59 Å². The second-order valence-electron chi connectivity index (χ2n) is 2.22. The molecule has 0 amide bonds. The summed E-state index contributed by atoms with van der Waals surface area (Å²) in [5.74, 6) is -2.21. The maximum Gasteiger partial charge on any atom is 0.316 e. The first kappa shape index (κ1) is 20.3. The Hall–Kier alpha value is 0.886. The molecule has 78 valence electrons. The summed E-state index contributed by atoms with van der Waals surface area (Å²) >= 11 is 0. The number of carboxylic acids is 2. The van der Waals surface area contributed by atoms with Crippen LogP contribution in [0.2, 0.25) is 0 Å². The molecule has 0 heterocycles. The van der Waals surface area contributed by atoms with Gasteiger partial charge in [0.25, 0.3) is 0 Å². The van der Waals surface area contributed by atoms with Gasteiger partial charge in [-0.2, -0.15) is 0 Å². The van der Waals surface area contributed by atoms with E-state index in [0.717, 1.165) is 4.90 Å². The predicted molar refractivity (Wildman–Crippen MR) is 55.9 cm³/mol. The van der Waals surface area contributed by atoms with Gasteiger partial charge in [-0.05, 0) is 0 Å². The zero-order chi connectivity index (χ0) is 9.56. The van der Waals surface area contributed by atoms with Gasteiger partial charge in [-0.25, -0.2) is 0 Å². The van der Waals surface area contributed by atoms with Crippen LogP contribution in [0, 0.1) is 0 Å². The van der Waals surface area contributed by atoms with Crippen molar-refractivity contribution in [2.75, 3.05) is 26.2 Å². The predicted octanol–water partition coefficient (Wildman–Crippen LogP) is -3.38. The number of hydrogen-bond acceptors (Lipinski definition) is 4. The molecule has 8 heteroatoms. The summed E-state index contributed by atoms with van der Waals surface area (Å²) in [6.45, 7) is -0.932. The minimum absolute atomic E-state index is 0. The third-order valence-corrected chi connectivity index (χ3v) is 1.13. The van der Waals surface area contributed by atoms with Crippen LogP contribution in [0.4, 0.5) is 0 Å². The quantitative estimate of drug-likeness (QED) is 0.423. The van der Waals surface area contributed by atoms with E-state index in [2.05, 4.69) is 0 Å². The maximum atomic E-state index is 10.1. The van der Waals surface area contributed by atoms with Crippen molar-refractivity contribution < 1.29 is 24.9 Å². The molecule has 14 heavy (non-hydrogen) atoms. The first-order valence-electron chi connectivity index (χ1n) is 3.33. The summed E-state index contributed by atoms with van der Waals surface area (Å²) in [6.07, 6.45) is 0. The van der Waals surface area contributed by atoms with E-state index < -0.39 is 11.9 Å². The summed E-state index contributed by atoms with van der Waals surface area (Å²) in [4.78, 5) is 21.4. The number of carboxylic acid groups (broad SMARTS) is 2. The van der Waals surface area contributed by atoms with Gasteiger partial charge in [0.2, 0.25) is 0 Å². The minimum Gasteiger partial charge on any atom is 0.316 e. The van der Waals surface area contributed by atoms with Crippen molar-refractivity contribution in [1.82, 2.24) is 4.90 Å². The summed E-state index contributed by atoms with van der Waals surface area (Å²) in [5.41, 5.74) is 0. The molecule has 0 saturated heterocycles. The van der Waals surface area contributed by atoms with Gasteiger partial charge in [0, 0.05) is 6.54 Å². The number of aliphatic hydroxyl groups is 1. The van der Waals surface area contributed by atoms with Crippen LogP contribution in [0.1, 0.15) is 0 Å². The van der Waals surface area contributed by atoms with E-state index in [1.165, 1.54) is 0 Å². The Morgan fingerprint density at radius 2 is 1.43 bits per heavy atom. The second kappa shape index (κ2) is 12.0. The van der Waals surface area contributed by atoms with Gasteiger partial charge in [0.1, 0.15) is 0 Å². The Labute approximate surface area is 127 Å². The molecule has 0 fully saturated rings. The molecular weight excluding hydrogens is 230 g/mol. The van der Waals surface area contributed by atoms with Crippen LogP contribution in [0.5, 0.6) is 0 Å². The molecular formula is C6H15CaMgNO5. The monoisotopic (exact) mass is 245 g/mol. The molecule has 6 nitrogen and oxygen atoms in total. The second-order valence-corrected chi connectivity index (χ2v) is 2.22. The molecule has 0 aliphatic heterocycles. The number of aliphatic carboxylic acids is 2. The minimum atomic E-state index is -1.11. The van der Waals surface area contributed by atoms with Crippen LogP contribution in [0.15, 0.2) is 0 Å². The standard InChI is InChI=1S/C6H11NO5.Ca.Mg.4H/c8-2-1-7(3-5(9)10)4-6(11)12;;;;;;/h8H,1-4H2,(H,9,10)(H,11,12);;;;;;. The van der Waals surface area contributed by atoms with E-state index in [1.807, 2.05) is 0 Å². The van der Waals surface area contributed by atoms with E-state index in [1.54, 1.807) is 0 Å². The summed E-state index contributed by atoms with van der Waals surface area (Å²) in [5, 5.41) is 25.0. The summed E-state index contributed by atoms with van der Waals surface area (Å²) < 4.78 is 0. The van der Waals surface area contributed by atoms with E-state index >= 15 is 0 Å². The fraction of sp³-hybridized carbons (Fsp3) is 0.667. The molecule has 0 aromatic carbocycles. The largest absolute Gasteiger partial charge is 0.316 e. The van der Waals surface area contributed by atoms with E-state index in [0.29, 0.717) is 0 Å². The van der Waals surface area contributed by atoms with E-state index in [-0.39, 0.29) is 87.0 Å². The molecule has 0 bridgehead atoms. The van der Waals surface area contributed by atoms with Crippen molar-refractivity contribution >= 4 is 72.7 Å². The number of aliphatic hydroxyl groups excluding tert-OH is 1. The van der Waals surface area contributed by atoms with Gasteiger partial charge in [-0.15, -0.1) is 0 Å². The molecule has 0 saturated carbocycles. The average Bonchev–Trinajstić information content (AvgIpc) is 1.84. The van der Waals surface area contributed by atoms with Gasteiger partial charge in [-0.1, -0.05) is 0 Å². The van der Waals surface area contributed by atoms with Gasteiger partial charge in [0.05, 0.1) is 19.7 Å². The van der Waals surface area contributed by atoms with Crippen molar-refractivity contribution in [3.63, 3.8) is 0 Å². The van der Waals surface area contributed by atoms with Crippen LogP contribution < -0.4 is 0 Å². The zero-order valence-corrected chi connectivity index (χ0v) is 6.43. The third kappa shape index (κ3) is 12.9. The van der Waals surface area contributed by atoms with Crippen molar-refractivity contribution in [2.45, 2.75) is 0 Å². The van der Waals surface area contributed by atoms with Crippen molar-refractivity contribution in [2.24, 2.45) is 0 Å². The molecule has 0 unspecified atom stereocenters. The summed E-state index contributed by atoms with van der Waals surface area (Å²) in [6, 6.07) is 0. The van der Waals surface area contributed by atoms with Gasteiger partial charge < -0.3 is 15.3 Å². The maximum absolute atomic E-state index is 10.1.